The summed E-state index contributed by atoms with van der Waals surface area (Å²) in [6.07, 6.45) is -0.300. The minimum absolute atomic E-state index is 0.0514. The fourth-order valence-electron chi connectivity index (χ4n) is 2.65. The molecule has 0 aliphatic carbocycles. The molecule has 1 atom stereocenters. The zero-order chi connectivity index (χ0) is 14.3. The van der Waals surface area contributed by atoms with Crippen LogP contribution < -0.4 is 4.90 Å². The molecular formula is C16H18N2O2. The van der Waals surface area contributed by atoms with Crippen LogP contribution in [0.15, 0.2) is 30.3 Å². The van der Waals surface area contributed by atoms with E-state index in [0.717, 1.165) is 16.5 Å². The van der Waals surface area contributed by atoms with Gasteiger partial charge in [-0.1, -0.05) is 32.0 Å². The first-order valence-electron chi connectivity index (χ1n) is 6.90. The Balaban J connectivity index is 2.11. The number of hydrogen-bond acceptors (Lipinski definition) is 3. The molecule has 1 fully saturated rings. The largest absolute Gasteiger partial charge is 0.447 e. The molecule has 1 saturated heterocycles. The van der Waals surface area contributed by atoms with Crippen molar-refractivity contribution in [2.24, 2.45) is 5.92 Å². The van der Waals surface area contributed by atoms with Gasteiger partial charge in [-0.2, -0.15) is 0 Å². The van der Waals surface area contributed by atoms with Crippen LogP contribution in [-0.4, -0.2) is 23.7 Å². The number of nitrogens with zero attached hydrogens (tertiary/aromatic N) is 2. The van der Waals surface area contributed by atoms with Crippen LogP contribution in [0.25, 0.3) is 10.9 Å². The van der Waals surface area contributed by atoms with Crippen LogP contribution in [0.5, 0.6) is 0 Å². The van der Waals surface area contributed by atoms with Crippen LogP contribution in [0, 0.1) is 12.8 Å². The molecule has 4 nitrogen and oxygen atoms in total. The van der Waals surface area contributed by atoms with Crippen molar-refractivity contribution < 1.29 is 9.53 Å². The average Bonchev–Trinajstić information content (AvgIpc) is 2.81. The number of cyclic esters (lactones) is 1. The molecule has 0 saturated carbocycles. The van der Waals surface area contributed by atoms with Crippen LogP contribution in [0.4, 0.5) is 10.6 Å². The summed E-state index contributed by atoms with van der Waals surface area (Å²) >= 11 is 0. The molecule has 0 bridgehead atoms. The fraction of sp³-hybridized carbons (Fsp3) is 0.375. The van der Waals surface area contributed by atoms with E-state index in [1.807, 2.05) is 37.3 Å². The highest BCUT2D eigenvalue weighted by Gasteiger charge is 2.37. The van der Waals surface area contributed by atoms with Gasteiger partial charge in [-0.15, -0.1) is 0 Å². The number of rotatable bonds is 2. The van der Waals surface area contributed by atoms with Crippen molar-refractivity contribution in [3.8, 4) is 0 Å². The van der Waals surface area contributed by atoms with E-state index in [2.05, 4.69) is 18.8 Å². The minimum atomic E-state index is -0.300. The Morgan fingerprint density at radius 1 is 1.35 bits per heavy atom. The number of aryl methyl sites for hydroxylation is 1. The number of benzene rings is 1. The Labute approximate surface area is 118 Å². The Kier molecular flexibility index (Phi) is 3.08. The number of fused-ring (bicyclic) bond motifs is 1. The highest BCUT2D eigenvalue weighted by atomic mass is 16.6. The number of pyridine rings is 1. The first-order chi connectivity index (χ1) is 9.58. The summed E-state index contributed by atoms with van der Waals surface area (Å²) in [7, 11) is 0. The van der Waals surface area contributed by atoms with Crippen LogP contribution in [0.1, 0.15) is 19.4 Å². The molecular weight excluding hydrogens is 252 g/mol. The van der Waals surface area contributed by atoms with Crippen LogP contribution in [-0.2, 0) is 4.74 Å². The van der Waals surface area contributed by atoms with Crippen molar-refractivity contribution >= 4 is 22.8 Å². The number of hydrogen-bond donors (Lipinski definition) is 0. The molecule has 1 amide bonds. The molecule has 1 aromatic carbocycles. The predicted octanol–water partition coefficient (Wildman–Crippen LogP) is 3.52. The monoisotopic (exact) mass is 270 g/mol. The van der Waals surface area contributed by atoms with E-state index in [-0.39, 0.29) is 12.1 Å². The minimum Gasteiger partial charge on any atom is -0.447 e. The summed E-state index contributed by atoms with van der Waals surface area (Å²) in [4.78, 5) is 18.3. The number of ether oxygens (including phenoxy) is 1. The van der Waals surface area contributed by atoms with E-state index in [9.17, 15) is 4.79 Å². The zero-order valence-electron chi connectivity index (χ0n) is 12.0. The standard InChI is InChI=1S/C16H18N2O2/c1-10(2)14-9-20-16(19)18(14)15-8-11(3)12-6-4-5-7-13(12)17-15/h4-8,10,14H,9H2,1-3H3/t14-/m1/s1. The van der Waals surface area contributed by atoms with Gasteiger partial charge in [0.2, 0.25) is 0 Å². The molecule has 0 radical (unpaired) electrons. The molecule has 1 aliphatic rings. The van der Waals surface area contributed by atoms with Gasteiger partial charge in [-0.05, 0) is 30.5 Å². The Morgan fingerprint density at radius 3 is 2.85 bits per heavy atom. The quantitative estimate of drug-likeness (QED) is 0.838. The third kappa shape index (κ3) is 2.01. The third-order valence-corrected chi connectivity index (χ3v) is 3.83. The lowest BCUT2D eigenvalue weighted by molar-refractivity contribution is 0.177. The molecule has 0 N–H and O–H groups in total. The maximum absolute atomic E-state index is 12.0. The van der Waals surface area contributed by atoms with Crippen LogP contribution in [0.3, 0.4) is 0 Å². The van der Waals surface area contributed by atoms with E-state index < -0.39 is 0 Å². The van der Waals surface area contributed by atoms with Crippen molar-refractivity contribution in [3.05, 3.63) is 35.9 Å². The summed E-state index contributed by atoms with van der Waals surface area (Å²) in [5, 5.41) is 1.12. The molecule has 104 valence electrons. The molecule has 2 heterocycles. The fourth-order valence-corrected chi connectivity index (χ4v) is 2.65. The number of amides is 1. The summed E-state index contributed by atoms with van der Waals surface area (Å²) < 4.78 is 5.19. The third-order valence-electron chi connectivity index (χ3n) is 3.83. The van der Waals surface area contributed by atoms with Gasteiger partial charge >= 0.3 is 6.09 Å². The second-order valence-electron chi connectivity index (χ2n) is 5.57. The maximum Gasteiger partial charge on any atom is 0.415 e. The molecule has 0 spiro atoms. The van der Waals surface area contributed by atoms with Crippen molar-refractivity contribution in [2.75, 3.05) is 11.5 Å². The number of aromatic nitrogens is 1. The van der Waals surface area contributed by atoms with Crippen LogP contribution >= 0.6 is 0 Å². The Bertz CT molecular complexity index is 667. The molecule has 0 unspecified atom stereocenters. The average molecular weight is 270 g/mol. The molecule has 1 aromatic heterocycles. The summed E-state index contributed by atoms with van der Waals surface area (Å²) in [6, 6.07) is 9.99. The van der Waals surface area contributed by atoms with Gasteiger partial charge in [0, 0.05) is 5.39 Å². The number of anilines is 1. The molecule has 20 heavy (non-hydrogen) atoms. The Morgan fingerprint density at radius 2 is 2.10 bits per heavy atom. The number of carbonyl (C=O) groups is 1. The van der Waals surface area contributed by atoms with Crippen LogP contribution in [0.2, 0.25) is 0 Å². The van der Waals surface area contributed by atoms with Crippen molar-refractivity contribution in [1.82, 2.24) is 4.98 Å². The van der Waals surface area contributed by atoms with Gasteiger partial charge in [0.25, 0.3) is 0 Å². The Hall–Kier alpha value is -2.10. The topological polar surface area (TPSA) is 42.4 Å². The molecule has 2 aromatic rings. The van der Waals surface area contributed by atoms with Gasteiger partial charge in [-0.3, -0.25) is 4.90 Å². The second kappa shape index (κ2) is 4.78. The highest BCUT2D eigenvalue weighted by molar-refractivity contribution is 5.92. The lowest BCUT2D eigenvalue weighted by atomic mass is 10.0. The van der Waals surface area contributed by atoms with Gasteiger partial charge in [-0.25, -0.2) is 9.78 Å². The van der Waals surface area contributed by atoms with Crippen molar-refractivity contribution in [2.45, 2.75) is 26.8 Å². The smallest absolute Gasteiger partial charge is 0.415 e. The SMILES string of the molecule is Cc1cc(N2C(=O)OC[C@@H]2C(C)C)nc2ccccc12. The number of carbonyl (C=O) groups excluding carboxylic acids is 1. The second-order valence-corrected chi connectivity index (χ2v) is 5.57. The van der Waals surface area contributed by atoms with E-state index in [1.54, 1.807) is 4.90 Å². The summed E-state index contributed by atoms with van der Waals surface area (Å²) in [5.41, 5.74) is 2.03. The lowest BCUT2D eigenvalue weighted by Crippen LogP contribution is -2.37. The van der Waals surface area contributed by atoms with Crippen molar-refractivity contribution in [1.29, 1.82) is 0 Å². The highest BCUT2D eigenvalue weighted by Crippen LogP contribution is 2.29. The maximum atomic E-state index is 12.0. The predicted molar refractivity (Wildman–Crippen MR) is 78.9 cm³/mol. The van der Waals surface area contributed by atoms with Crippen molar-refractivity contribution in [3.63, 3.8) is 0 Å². The van der Waals surface area contributed by atoms with Gasteiger partial charge < -0.3 is 4.74 Å². The van der Waals surface area contributed by atoms with Gasteiger partial charge in [0.1, 0.15) is 12.4 Å². The van der Waals surface area contributed by atoms with E-state index in [0.29, 0.717) is 18.3 Å². The molecule has 4 heteroatoms. The summed E-state index contributed by atoms with van der Waals surface area (Å²) in [6.45, 7) is 6.66. The van der Waals surface area contributed by atoms with Gasteiger partial charge in [0.15, 0.2) is 0 Å². The van der Waals surface area contributed by atoms with E-state index >= 15 is 0 Å². The van der Waals surface area contributed by atoms with Gasteiger partial charge in [0.05, 0.1) is 11.6 Å². The lowest BCUT2D eigenvalue weighted by Gasteiger charge is -2.24. The summed E-state index contributed by atoms with van der Waals surface area (Å²) in [5.74, 6) is 1.01. The van der Waals surface area contributed by atoms with E-state index in [4.69, 9.17) is 4.74 Å². The zero-order valence-corrected chi connectivity index (χ0v) is 12.0. The number of para-hydroxylation sites is 1. The normalized spacial score (nSPS) is 18.9. The first-order valence-corrected chi connectivity index (χ1v) is 6.90. The molecule has 1 aliphatic heterocycles. The molecule has 3 rings (SSSR count). The first kappa shape index (κ1) is 12.9. The van der Waals surface area contributed by atoms with E-state index in [1.165, 1.54) is 0 Å².